The van der Waals surface area contributed by atoms with Crippen LogP contribution in [-0.4, -0.2) is 42.5 Å². The first-order valence-corrected chi connectivity index (χ1v) is 11.0. The highest BCUT2D eigenvalue weighted by Crippen LogP contribution is 2.41. The zero-order valence-corrected chi connectivity index (χ0v) is 19.9. The van der Waals surface area contributed by atoms with Gasteiger partial charge < -0.3 is 14.8 Å². The first-order chi connectivity index (χ1) is 17.5. The average molecular weight is 514 g/mol. The molecule has 37 heavy (non-hydrogen) atoms. The van der Waals surface area contributed by atoms with Crippen molar-refractivity contribution in [2.75, 3.05) is 13.8 Å². The Bertz CT molecular complexity index is 1360. The number of imide groups is 1. The Morgan fingerprint density at radius 2 is 1.49 bits per heavy atom. The van der Waals surface area contributed by atoms with Crippen LogP contribution in [0.2, 0.25) is 0 Å². The number of hydrogen-bond acceptors (Lipinski definition) is 7. The van der Waals surface area contributed by atoms with Crippen LogP contribution in [0.15, 0.2) is 71.1 Å². The minimum atomic E-state index is -4.67. The number of dihydropyridines is 1. The van der Waals surface area contributed by atoms with Crippen molar-refractivity contribution in [2.45, 2.75) is 25.9 Å². The summed E-state index contributed by atoms with van der Waals surface area (Å²) in [6, 6.07) is 10.3. The second kappa shape index (κ2) is 9.57. The van der Waals surface area contributed by atoms with Gasteiger partial charge in [-0.05, 0) is 37.6 Å². The molecule has 0 aromatic heterocycles. The van der Waals surface area contributed by atoms with Crippen molar-refractivity contribution in [2.24, 2.45) is 0 Å². The third-order valence-electron chi connectivity index (χ3n) is 6.14. The van der Waals surface area contributed by atoms with Gasteiger partial charge in [0.25, 0.3) is 11.8 Å². The molecular formula is C26H21F3N2O6. The summed E-state index contributed by atoms with van der Waals surface area (Å²) < 4.78 is 50.5. The van der Waals surface area contributed by atoms with E-state index in [0.717, 1.165) is 24.1 Å². The highest BCUT2D eigenvalue weighted by atomic mass is 19.4. The number of benzene rings is 2. The number of fused-ring (bicyclic) bond motifs is 1. The summed E-state index contributed by atoms with van der Waals surface area (Å²) in [7, 11) is 1.11. The summed E-state index contributed by atoms with van der Waals surface area (Å²) in [6.07, 6.45) is -4.67. The van der Waals surface area contributed by atoms with Gasteiger partial charge in [0.1, 0.15) is 0 Å². The monoisotopic (exact) mass is 514 g/mol. The first-order valence-electron chi connectivity index (χ1n) is 11.0. The van der Waals surface area contributed by atoms with Gasteiger partial charge in [0.05, 0.1) is 40.9 Å². The van der Waals surface area contributed by atoms with Gasteiger partial charge in [-0.2, -0.15) is 13.2 Å². The summed E-state index contributed by atoms with van der Waals surface area (Å²) in [5, 5.41) is 2.87. The van der Waals surface area contributed by atoms with Crippen molar-refractivity contribution in [3.8, 4) is 0 Å². The SMILES string of the molecule is COC(=O)C1=C(C)NC(C)=C(C(=O)OCN2C(=O)c3ccccc3C2=O)C1c1cccc(C(F)(F)F)c1. The maximum absolute atomic E-state index is 13.5. The van der Waals surface area contributed by atoms with Crippen LogP contribution in [0.3, 0.4) is 0 Å². The molecule has 8 nitrogen and oxygen atoms in total. The van der Waals surface area contributed by atoms with Crippen molar-refractivity contribution in [1.29, 1.82) is 0 Å². The lowest BCUT2D eigenvalue weighted by molar-refractivity contribution is -0.142. The van der Waals surface area contributed by atoms with E-state index in [2.05, 4.69) is 5.32 Å². The lowest BCUT2D eigenvalue weighted by Crippen LogP contribution is -2.36. The molecule has 2 heterocycles. The van der Waals surface area contributed by atoms with E-state index in [1.165, 1.54) is 38.1 Å². The Balaban J connectivity index is 1.69. The van der Waals surface area contributed by atoms with Crippen molar-refractivity contribution in [3.05, 3.63) is 93.3 Å². The Morgan fingerprint density at radius 3 is 2.03 bits per heavy atom. The Morgan fingerprint density at radius 1 is 0.919 bits per heavy atom. The number of hydrogen-bond donors (Lipinski definition) is 1. The van der Waals surface area contributed by atoms with Crippen molar-refractivity contribution in [3.63, 3.8) is 0 Å². The normalized spacial score (nSPS) is 17.6. The number of esters is 2. The van der Waals surface area contributed by atoms with E-state index in [4.69, 9.17) is 9.47 Å². The predicted octanol–water partition coefficient (Wildman–Crippen LogP) is 3.91. The number of carbonyl (C=O) groups is 4. The van der Waals surface area contributed by atoms with Gasteiger partial charge in [-0.25, -0.2) is 14.5 Å². The number of ether oxygens (including phenoxy) is 2. The molecule has 2 amide bonds. The lowest BCUT2D eigenvalue weighted by Gasteiger charge is -2.30. The van der Waals surface area contributed by atoms with Crippen molar-refractivity contribution in [1.82, 2.24) is 10.2 Å². The molecule has 192 valence electrons. The number of methoxy groups -OCH3 is 1. The van der Waals surface area contributed by atoms with E-state index in [1.807, 2.05) is 0 Å². The summed E-state index contributed by atoms with van der Waals surface area (Å²) in [6.45, 7) is 2.29. The average Bonchev–Trinajstić information content (AvgIpc) is 3.10. The predicted molar refractivity (Wildman–Crippen MR) is 123 cm³/mol. The fourth-order valence-corrected chi connectivity index (χ4v) is 4.43. The van der Waals surface area contributed by atoms with E-state index in [-0.39, 0.29) is 39.2 Å². The molecule has 11 heteroatoms. The van der Waals surface area contributed by atoms with Crippen molar-refractivity contribution < 1.29 is 41.8 Å². The molecular weight excluding hydrogens is 493 g/mol. The van der Waals surface area contributed by atoms with Gasteiger partial charge in [0.15, 0.2) is 6.73 Å². The standard InChI is InChI=1S/C26H21F3N2O6/c1-13-19(24(34)36-3)21(15-7-6-8-16(11-15)26(27,28)29)20(14(2)30-13)25(35)37-12-31-22(32)17-9-4-5-10-18(17)23(31)33/h4-11,21,30H,12H2,1-3H3. The maximum Gasteiger partial charge on any atom is 0.416 e. The topological polar surface area (TPSA) is 102 Å². The van der Waals surface area contributed by atoms with Crippen LogP contribution in [0.5, 0.6) is 0 Å². The number of nitrogens with one attached hydrogen (secondary N) is 1. The molecule has 0 bridgehead atoms. The maximum atomic E-state index is 13.5. The molecule has 0 radical (unpaired) electrons. The van der Waals surface area contributed by atoms with Gasteiger partial charge in [-0.3, -0.25) is 9.59 Å². The van der Waals surface area contributed by atoms with Gasteiger partial charge in [0, 0.05) is 11.4 Å². The van der Waals surface area contributed by atoms with Crippen LogP contribution in [0.25, 0.3) is 0 Å². The second-order valence-corrected chi connectivity index (χ2v) is 8.39. The van der Waals surface area contributed by atoms with E-state index < -0.39 is 48.1 Å². The molecule has 0 saturated carbocycles. The molecule has 0 aliphatic carbocycles. The summed E-state index contributed by atoms with van der Waals surface area (Å²) >= 11 is 0. The van der Waals surface area contributed by atoms with Crippen LogP contribution in [0, 0.1) is 0 Å². The van der Waals surface area contributed by atoms with Gasteiger partial charge >= 0.3 is 18.1 Å². The molecule has 4 rings (SSSR count). The van der Waals surface area contributed by atoms with Crippen LogP contribution in [0.4, 0.5) is 13.2 Å². The third-order valence-corrected chi connectivity index (χ3v) is 6.14. The molecule has 0 saturated heterocycles. The van der Waals surface area contributed by atoms with Crippen LogP contribution in [-0.2, 0) is 25.2 Å². The Labute approximate surface area is 209 Å². The minimum absolute atomic E-state index is 0.00288. The minimum Gasteiger partial charge on any atom is -0.466 e. The molecule has 1 N–H and O–H groups in total. The molecule has 1 atom stereocenters. The molecule has 2 aliphatic rings. The van der Waals surface area contributed by atoms with E-state index in [1.54, 1.807) is 12.1 Å². The quantitative estimate of drug-likeness (QED) is 0.477. The van der Waals surface area contributed by atoms with E-state index >= 15 is 0 Å². The first kappa shape index (κ1) is 25.7. The number of nitrogens with zero attached hydrogens (tertiary/aromatic N) is 1. The smallest absolute Gasteiger partial charge is 0.416 e. The largest absolute Gasteiger partial charge is 0.466 e. The number of alkyl halides is 3. The van der Waals surface area contributed by atoms with Gasteiger partial charge in [0.2, 0.25) is 0 Å². The van der Waals surface area contributed by atoms with E-state index in [0.29, 0.717) is 0 Å². The number of allylic oxidation sites excluding steroid dienone is 2. The van der Waals surface area contributed by atoms with Crippen LogP contribution in [0.1, 0.15) is 51.6 Å². The molecule has 0 fully saturated rings. The number of amides is 2. The van der Waals surface area contributed by atoms with Crippen molar-refractivity contribution >= 4 is 23.8 Å². The molecule has 2 aromatic carbocycles. The second-order valence-electron chi connectivity index (χ2n) is 8.39. The summed E-state index contributed by atoms with van der Waals surface area (Å²) in [4.78, 5) is 52.0. The highest BCUT2D eigenvalue weighted by molar-refractivity contribution is 6.21. The fourth-order valence-electron chi connectivity index (χ4n) is 4.43. The third kappa shape index (κ3) is 4.59. The molecule has 2 aliphatic heterocycles. The molecule has 0 spiro atoms. The lowest BCUT2D eigenvalue weighted by atomic mass is 9.80. The zero-order valence-electron chi connectivity index (χ0n) is 19.9. The van der Waals surface area contributed by atoms with Gasteiger partial charge in [-0.15, -0.1) is 0 Å². The zero-order chi connectivity index (χ0) is 27.1. The Kier molecular flexibility index (Phi) is 6.64. The van der Waals surface area contributed by atoms with Crippen LogP contribution >= 0.6 is 0 Å². The van der Waals surface area contributed by atoms with Gasteiger partial charge in [-0.1, -0.05) is 30.3 Å². The summed E-state index contributed by atoms with van der Waals surface area (Å²) in [5.41, 5.74) is -0.395. The number of carbonyl (C=O) groups excluding carboxylic acids is 4. The molecule has 1 unspecified atom stereocenters. The number of rotatable bonds is 5. The van der Waals surface area contributed by atoms with E-state index in [9.17, 15) is 32.3 Å². The molecule has 2 aromatic rings. The Hall–Kier alpha value is -4.41. The summed E-state index contributed by atoms with van der Waals surface area (Å²) in [5.74, 6) is -4.46. The fraction of sp³-hybridized carbons (Fsp3) is 0.231. The highest BCUT2D eigenvalue weighted by Gasteiger charge is 2.41. The van der Waals surface area contributed by atoms with Crippen LogP contribution < -0.4 is 5.32 Å². The number of halogens is 3.